The Labute approximate surface area is 163 Å². The van der Waals surface area contributed by atoms with E-state index in [1.807, 2.05) is 41.1 Å². The lowest BCUT2D eigenvalue weighted by molar-refractivity contribution is -0.116. The van der Waals surface area contributed by atoms with Crippen LogP contribution in [0, 0.1) is 0 Å². The zero-order chi connectivity index (χ0) is 19.2. The molecule has 27 heavy (non-hydrogen) atoms. The fourth-order valence-electron chi connectivity index (χ4n) is 2.89. The summed E-state index contributed by atoms with van der Waals surface area (Å²) in [6.07, 6.45) is 0.706. The molecule has 0 spiro atoms. The summed E-state index contributed by atoms with van der Waals surface area (Å²) in [7, 11) is 0. The fourth-order valence-corrected chi connectivity index (χ4v) is 3.53. The van der Waals surface area contributed by atoms with Gasteiger partial charge in [0.2, 0.25) is 17.6 Å². The lowest BCUT2D eigenvalue weighted by atomic mass is 10.2. The number of aryl methyl sites for hydroxylation is 1. The number of benzene rings is 1. The first-order chi connectivity index (χ1) is 13.1. The number of carbonyl (C=O) groups is 1. The van der Waals surface area contributed by atoms with Crippen molar-refractivity contribution in [2.75, 3.05) is 16.8 Å². The molecule has 0 saturated heterocycles. The predicted molar refractivity (Wildman–Crippen MR) is 109 cm³/mol. The Morgan fingerprint density at radius 1 is 1.26 bits per heavy atom. The lowest BCUT2D eigenvalue weighted by Gasteiger charge is -2.27. The van der Waals surface area contributed by atoms with Crippen LogP contribution in [0.2, 0.25) is 0 Å². The molecular weight excluding hydrogens is 360 g/mol. The summed E-state index contributed by atoms with van der Waals surface area (Å²) < 4.78 is 5.22. The van der Waals surface area contributed by atoms with E-state index in [0.29, 0.717) is 30.6 Å². The summed E-state index contributed by atoms with van der Waals surface area (Å²) in [6, 6.07) is 10.3. The fraction of sp³-hybridized carbons (Fsp3) is 0.350. The Hall–Kier alpha value is -2.67. The summed E-state index contributed by atoms with van der Waals surface area (Å²) in [6.45, 7) is 7.42. The van der Waals surface area contributed by atoms with Gasteiger partial charge in [0.25, 0.3) is 0 Å². The van der Waals surface area contributed by atoms with Gasteiger partial charge in [-0.25, -0.2) is 0 Å². The zero-order valence-corrected chi connectivity index (χ0v) is 16.6. The quantitative estimate of drug-likeness (QED) is 0.614. The van der Waals surface area contributed by atoms with Crippen molar-refractivity contribution in [3.63, 3.8) is 0 Å². The molecule has 1 amide bonds. The second-order valence-electron chi connectivity index (χ2n) is 6.50. The maximum absolute atomic E-state index is 12.2. The van der Waals surface area contributed by atoms with Crippen molar-refractivity contribution in [1.82, 2.24) is 10.1 Å². The van der Waals surface area contributed by atoms with E-state index in [1.165, 1.54) is 0 Å². The number of nitrogens with zero attached hydrogens (tertiary/aromatic N) is 3. The van der Waals surface area contributed by atoms with Crippen LogP contribution >= 0.6 is 11.3 Å². The topological polar surface area (TPSA) is 71.3 Å². The van der Waals surface area contributed by atoms with Crippen LogP contribution in [0.5, 0.6) is 0 Å². The average Bonchev–Trinajstić information content (AvgIpc) is 3.33. The maximum Gasteiger partial charge on any atom is 0.227 e. The third-order valence-corrected chi connectivity index (χ3v) is 4.94. The largest absolute Gasteiger partial charge is 0.369 e. The van der Waals surface area contributed by atoms with Gasteiger partial charge >= 0.3 is 0 Å². The molecule has 0 bridgehead atoms. The summed E-state index contributed by atoms with van der Waals surface area (Å²) in [5.41, 5.74) is 2.87. The number of anilines is 2. The number of amides is 1. The second-order valence-corrected chi connectivity index (χ2v) is 7.28. The third-order valence-electron chi connectivity index (χ3n) is 4.26. The van der Waals surface area contributed by atoms with Crippen LogP contribution in [0.15, 0.2) is 45.6 Å². The molecular formula is C20H24N4O2S. The van der Waals surface area contributed by atoms with Gasteiger partial charge in [0.05, 0.1) is 0 Å². The summed E-state index contributed by atoms with van der Waals surface area (Å²) in [4.78, 5) is 18.8. The molecule has 3 aromatic rings. The van der Waals surface area contributed by atoms with Crippen LogP contribution in [0.4, 0.5) is 11.4 Å². The van der Waals surface area contributed by atoms with E-state index in [0.717, 1.165) is 23.5 Å². The number of aromatic nitrogens is 2. The van der Waals surface area contributed by atoms with E-state index in [9.17, 15) is 4.79 Å². The van der Waals surface area contributed by atoms with Crippen molar-refractivity contribution in [3.8, 4) is 11.4 Å². The Morgan fingerprint density at radius 2 is 2.04 bits per heavy atom. The minimum Gasteiger partial charge on any atom is -0.369 e. The smallest absolute Gasteiger partial charge is 0.227 e. The second kappa shape index (κ2) is 8.81. The lowest BCUT2D eigenvalue weighted by Crippen LogP contribution is -2.30. The minimum atomic E-state index is -0.0748. The van der Waals surface area contributed by atoms with E-state index in [-0.39, 0.29) is 5.91 Å². The van der Waals surface area contributed by atoms with Gasteiger partial charge in [0.15, 0.2) is 0 Å². The van der Waals surface area contributed by atoms with Gasteiger partial charge in [-0.15, -0.1) is 0 Å². The maximum atomic E-state index is 12.2. The third kappa shape index (κ3) is 4.95. The monoisotopic (exact) mass is 384 g/mol. The first kappa shape index (κ1) is 19.1. The molecule has 2 heterocycles. The number of nitrogens with one attached hydrogen (secondary N) is 1. The molecule has 142 valence electrons. The molecule has 3 rings (SSSR count). The van der Waals surface area contributed by atoms with Crippen molar-refractivity contribution < 1.29 is 9.32 Å². The van der Waals surface area contributed by atoms with Crippen LogP contribution in [0.1, 0.15) is 33.1 Å². The zero-order valence-electron chi connectivity index (χ0n) is 15.8. The molecule has 0 unspecified atom stereocenters. The van der Waals surface area contributed by atoms with E-state index in [1.54, 1.807) is 11.3 Å². The number of rotatable bonds is 8. The first-order valence-corrected chi connectivity index (χ1v) is 10.0. The number of thiophene rings is 1. The normalized spacial score (nSPS) is 11.0. The summed E-state index contributed by atoms with van der Waals surface area (Å²) >= 11 is 1.58. The Morgan fingerprint density at radius 3 is 2.67 bits per heavy atom. The number of carbonyl (C=O) groups excluding carboxylic acids is 1. The highest BCUT2D eigenvalue weighted by Crippen LogP contribution is 2.21. The van der Waals surface area contributed by atoms with E-state index in [2.05, 4.69) is 41.1 Å². The van der Waals surface area contributed by atoms with Gasteiger partial charge < -0.3 is 14.7 Å². The molecule has 0 atom stereocenters. The molecule has 6 nitrogen and oxygen atoms in total. The molecule has 0 aliphatic carbocycles. The van der Waals surface area contributed by atoms with Crippen LogP contribution in [0.3, 0.4) is 0 Å². The molecule has 0 fully saturated rings. The average molecular weight is 385 g/mol. The molecule has 0 radical (unpaired) electrons. The van der Waals surface area contributed by atoms with Crippen molar-refractivity contribution in [2.24, 2.45) is 0 Å². The highest BCUT2D eigenvalue weighted by atomic mass is 32.1. The highest BCUT2D eigenvalue weighted by molar-refractivity contribution is 7.08. The molecule has 0 aliphatic heterocycles. The highest BCUT2D eigenvalue weighted by Gasteiger charge is 2.12. The SMILES string of the molecule is CCN(c1ccc(NC(=O)CCc2nc(-c3ccsc3)no2)cc1)C(C)C. The van der Waals surface area contributed by atoms with Crippen LogP contribution in [-0.2, 0) is 11.2 Å². The molecule has 7 heteroatoms. The Balaban J connectivity index is 1.52. The molecule has 1 N–H and O–H groups in total. The van der Waals surface area contributed by atoms with Gasteiger partial charge in [0, 0.05) is 47.7 Å². The predicted octanol–water partition coefficient (Wildman–Crippen LogP) is 4.60. The summed E-state index contributed by atoms with van der Waals surface area (Å²) in [5.74, 6) is 0.958. The van der Waals surface area contributed by atoms with E-state index < -0.39 is 0 Å². The number of hydrogen-bond acceptors (Lipinski definition) is 6. The van der Waals surface area contributed by atoms with Gasteiger partial charge in [-0.05, 0) is 56.5 Å². The molecule has 0 aliphatic rings. The van der Waals surface area contributed by atoms with Gasteiger partial charge in [-0.3, -0.25) is 4.79 Å². The Bertz CT molecular complexity index is 857. The van der Waals surface area contributed by atoms with Crippen molar-refractivity contribution >= 4 is 28.6 Å². The van der Waals surface area contributed by atoms with E-state index in [4.69, 9.17) is 4.52 Å². The van der Waals surface area contributed by atoms with Crippen LogP contribution < -0.4 is 10.2 Å². The van der Waals surface area contributed by atoms with Gasteiger partial charge in [-0.2, -0.15) is 16.3 Å². The molecule has 2 aromatic heterocycles. The Kier molecular flexibility index (Phi) is 6.24. The van der Waals surface area contributed by atoms with Crippen molar-refractivity contribution in [3.05, 3.63) is 47.0 Å². The molecule has 1 aromatic carbocycles. The summed E-state index contributed by atoms with van der Waals surface area (Å²) in [5, 5.41) is 10.8. The van der Waals surface area contributed by atoms with Gasteiger partial charge in [-0.1, -0.05) is 5.16 Å². The van der Waals surface area contributed by atoms with Crippen molar-refractivity contribution in [1.29, 1.82) is 0 Å². The molecule has 0 saturated carbocycles. The minimum absolute atomic E-state index is 0.0748. The van der Waals surface area contributed by atoms with E-state index >= 15 is 0 Å². The number of hydrogen-bond donors (Lipinski definition) is 1. The standard InChI is InChI=1S/C20H24N4O2S/c1-4-24(14(2)3)17-7-5-16(6-8-17)21-18(25)9-10-19-22-20(23-26-19)15-11-12-27-13-15/h5-8,11-14H,4,9-10H2,1-3H3,(H,21,25). The van der Waals surface area contributed by atoms with Gasteiger partial charge in [0.1, 0.15) is 0 Å². The first-order valence-electron chi connectivity index (χ1n) is 9.08. The van der Waals surface area contributed by atoms with Crippen LogP contribution in [-0.4, -0.2) is 28.6 Å². The van der Waals surface area contributed by atoms with Crippen molar-refractivity contribution in [2.45, 2.75) is 39.7 Å². The van der Waals surface area contributed by atoms with Crippen LogP contribution in [0.25, 0.3) is 11.4 Å².